The second-order valence-electron chi connectivity index (χ2n) is 4.99. The Morgan fingerprint density at radius 2 is 1.76 bits per heavy atom. The van der Waals surface area contributed by atoms with Gasteiger partial charge in [-0.3, -0.25) is 9.59 Å². The molecule has 114 valence electrons. The maximum atomic E-state index is 12.5. The molecule has 0 aliphatic carbocycles. The number of nitrogens with zero attached hydrogens (tertiary/aromatic N) is 1. The Balaban J connectivity index is 2.24. The average molecular weight is 311 g/mol. The topological polar surface area (TPSA) is 124 Å². The molecule has 4 N–H and O–H groups in total. The minimum absolute atomic E-state index is 0.0672. The third kappa shape index (κ3) is 3.22. The molecule has 1 aromatic rings. The molecule has 7 nitrogen and oxygen atoms in total. The van der Waals surface area contributed by atoms with Gasteiger partial charge in [-0.25, -0.2) is 8.42 Å². The monoisotopic (exact) mass is 311 g/mol. The molecular formula is C13H17N3O4S. The molecule has 1 aliphatic rings. The first-order valence-electron chi connectivity index (χ1n) is 6.51. The molecule has 21 heavy (non-hydrogen) atoms. The average Bonchev–Trinajstić information content (AvgIpc) is 2.47. The predicted molar refractivity (Wildman–Crippen MR) is 75.6 cm³/mol. The number of carbonyl (C=O) groups is 2. The third-order valence-corrected chi connectivity index (χ3v) is 5.44. The number of nitrogens with two attached hydrogens (primary N) is 2. The summed E-state index contributed by atoms with van der Waals surface area (Å²) >= 11 is 0. The van der Waals surface area contributed by atoms with Crippen molar-refractivity contribution in [3.63, 3.8) is 0 Å². The van der Waals surface area contributed by atoms with E-state index in [0.29, 0.717) is 19.4 Å². The molecule has 1 aromatic carbocycles. The summed E-state index contributed by atoms with van der Waals surface area (Å²) in [6.07, 6.45) is 1.19. The fraction of sp³-hybridized carbons (Fsp3) is 0.385. The van der Waals surface area contributed by atoms with Crippen molar-refractivity contribution in [3.05, 3.63) is 29.8 Å². The van der Waals surface area contributed by atoms with Gasteiger partial charge in [-0.15, -0.1) is 0 Å². The van der Waals surface area contributed by atoms with Crippen LogP contribution in [0.1, 0.15) is 23.2 Å². The summed E-state index contributed by atoms with van der Waals surface area (Å²) in [7, 11) is -3.70. The zero-order valence-electron chi connectivity index (χ0n) is 11.4. The van der Waals surface area contributed by atoms with E-state index >= 15 is 0 Å². The molecule has 8 heteroatoms. The van der Waals surface area contributed by atoms with Gasteiger partial charge in [0.2, 0.25) is 21.8 Å². The summed E-state index contributed by atoms with van der Waals surface area (Å²) < 4.78 is 26.2. The number of hydrogen-bond donors (Lipinski definition) is 2. The van der Waals surface area contributed by atoms with Crippen molar-refractivity contribution in [2.24, 2.45) is 17.4 Å². The van der Waals surface area contributed by atoms with Crippen molar-refractivity contribution >= 4 is 21.8 Å². The third-order valence-electron chi connectivity index (χ3n) is 3.56. The molecule has 1 saturated heterocycles. The van der Waals surface area contributed by atoms with Gasteiger partial charge < -0.3 is 11.5 Å². The van der Waals surface area contributed by atoms with Gasteiger partial charge in [-0.2, -0.15) is 4.31 Å². The normalized spacial score (nSPS) is 20.1. The molecule has 0 bridgehead atoms. The van der Waals surface area contributed by atoms with E-state index in [1.807, 2.05) is 0 Å². The number of sulfonamides is 1. The summed E-state index contributed by atoms with van der Waals surface area (Å²) in [5, 5.41) is 0. The van der Waals surface area contributed by atoms with Crippen LogP contribution in [-0.2, 0) is 14.8 Å². The Bertz CT molecular complexity index is 654. The van der Waals surface area contributed by atoms with E-state index in [9.17, 15) is 18.0 Å². The largest absolute Gasteiger partial charge is 0.369 e. The zero-order valence-corrected chi connectivity index (χ0v) is 12.2. The number of carbonyl (C=O) groups excluding carboxylic acids is 2. The number of benzene rings is 1. The van der Waals surface area contributed by atoms with Gasteiger partial charge in [0.15, 0.2) is 0 Å². The van der Waals surface area contributed by atoms with Gasteiger partial charge in [0.05, 0.1) is 10.8 Å². The highest BCUT2D eigenvalue weighted by atomic mass is 32.2. The van der Waals surface area contributed by atoms with Crippen LogP contribution in [0.3, 0.4) is 0 Å². The summed E-state index contributed by atoms with van der Waals surface area (Å²) in [4.78, 5) is 22.3. The van der Waals surface area contributed by atoms with Crippen LogP contribution in [0, 0.1) is 5.92 Å². The minimum Gasteiger partial charge on any atom is -0.369 e. The van der Waals surface area contributed by atoms with E-state index in [0.717, 1.165) is 0 Å². The maximum absolute atomic E-state index is 12.5. The van der Waals surface area contributed by atoms with Gasteiger partial charge in [-0.05, 0) is 37.1 Å². The van der Waals surface area contributed by atoms with Crippen LogP contribution in [0.5, 0.6) is 0 Å². The molecule has 1 unspecified atom stereocenters. The van der Waals surface area contributed by atoms with Crippen molar-refractivity contribution in [2.75, 3.05) is 13.1 Å². The summed E-state index contributed by atoms with van der Waals surface area (Å²) in [5.74, 6) is -1.57. The van der Waals surface area contributed by atoms with Crippen LogP contribution >= 0.6 is 0 Å². The summed E-state index contributed by atoms with van der Waals surface area (Å²) in [6, 6.07) is 5.40. The Morgan fingerprint density at radius 3 is 2.29 bits per heavy atom. The molecule has 1 fully saturated rings. The standard InChI is InChI=1S/C13H17N3O4S/c14-12(17)9-3-5-11(6-4-9)21(19,20)16-7-1-2-10(8-16)13(15)18/h3-6,10H,1-2,7-8H2,(H2,14,17)(H2,15,18). The molecular weight excluding hydrogens is 294 g/mol. The van der Waals surface area contributed by atoms with Crippen molar-refractivity contribution in [1.82, 2.24) is 4.31 Å². The molecule has 2 rings (SSSR count). The lowest BCUT2D eigenvalue weighted by atomic mass is 9.99. The van der Waals surface area contributed by atoms with Crippen LogP contribution < -0.4 is 11.5 Å². The van der Waals surface area contributed by atoms with Crippen molar-refractivity contribution in [1.29, 1.82) is 0 Å². The van der Waals surface area contributed by atoms with E-state index in [2.05, 4.69) is 0 Å². The van der Waals surface area contributed by atoms with E-state index in [1.54, 1.807) is 0 Å². The molecule has 0 saturated carbocycles. The SMILES string of the molecule is NC(=O)c1ccc(S(=O)(=O)N2CCCC(C(N)=O)C2)cc1. The highest BCUT2D eigenvalue weighted by Gasteiger charge is 2.32. The zero-order chi connectivity index (χ0) is 15.6. The van der Waals surface area contributed by atoms with E-state index in [1.165, 1.54) is 28.6 Å². The lowest BCUT2D eigenvalue weighted by Gasteiger charge is -2.30. The van der Waals surface area contributed by atoms with Gasteiger partial charge in [0, 0.05) is 18.7 Å². The predicted octanol–water partition coefficient (Wildman–Crippen LogP) is -0.328. The van der Waals surface area contributed by atoms with Gasteiger partial charge in [0.25, 0.3) is 0 Å². The van der Waals surface area contributed by atoms with Gasteiger partial charge in [0.1, 0.15) is 0 Å². The number of piperidine rings is 1. The highest BCUT2D eigenvalue weighted by molar-refractivity contribution is 7.89. The van der Waals surface area contributed by atoms with Crippen LogP contribution in [-0.4, -0.2) is 37.6 Å². The molecule has 1 aliphatic heterocycles. The van der Waals surface area contributed by atoms with Crippen molar-refractivity contribution in [2.45, 2.75) is 17.7 Å². The number of amides is 2. The number of primary amides is 2. The smallest absolute Gasteiger partial charge is 0.248 e. The minimum atomic E-state index is -3.70. The van der Waals surface area contributed by atoms with Gasteiger partial charge in [-0.1, -0.05) is 0 Å². The molecule has 1 atom stereocenters. The van der Waals surface area contributed by atoms with Crippen LogP contribution in [0.25, 0.3) is 0 Å². The van der Waals surface area contributed by atoms with Crippen LogP contribution in [0.4, 0.5) is 0 Å². The molecule has 0 aromatic heterocycles. The first-order chi connectivity index (χ1) is 9.82. The molecule has 2 amide bonds. The maximum Gasteiger partial charge on any atom is 0.248 e. The molecule has 1 heterocycles. The Kier molecular flexibility index (Phi) is 4.29. The van der Waals surface area contributed by atoms with E-state index < -0.39 is 27.8 Å². The van der Waals surface area contributed by atoms with E-state index in [-0.39, 0.29) is 17.0 Å². The number of hydrogen-bond acceptors (Lipinski definition) is 4. The highest BCUT2D eigenvalue weighted by Crippen LogP contribution is 2.23. The molecule has 0 spiro atoms. The first-order valence-corrected chi connectivity index (χ1v) is 7.95. The van der Waals surface area contributed by atoms with Crippen LogP contribution in [0.2, 0.25) is 0 Å². The molecule has 0 radical (unpaired) electrons. The van der Waals surface area contributed by atoms with Crippen molar-refractivity contribution in [3.8, 4) is 0 Å². The lowest BCUT2D eigenvalue weighted by Crippen LogP contribution is -2.44. The summed E-state index contributed by atoms with van der Waals surface area (Å²) in [6.45, 7) is 0.443. The first kappa shape index (κ1) is 15.5. The lowest BCUT2D eigenvalue weighted by molar-refractivity contribution is -0.122. The van der Waals surface area contributed by atoms with E-state index in [4.69, 9.17) is 11.5 Å². The fourth-order valence-corrected chi connectivity index (χ4v) is 3.86. The van der Waals surface area contributed by atoms with Gasteiger partial charge >= 0.3 is 0 Å². The second-order valence-corrected chi connectivity index (χ2v) is 6.93. The van der Waals surface area contributed by atoms with Crippen molar-refractivity contribution < 1.29 is 18.0 Å². The summed E-state index contributed by atoms with van der Waals surface area (Å²) in [5.41, 5.74) is 10.6. The van der Waals surface area contributed by atoms with Crippen LogP contribution in [0.15, 0.2) is 29.2 Å². The fourth-order valence-electron chi connectivity index (χ4n) is 2.33. The Morgan fingerprint density at radius 1 is 1.14 bits per heavy atom. The quantitative estimate of drug-likeness (QED) is 0.790. The second kappa shape index (κ2) is 5.82. The Labute approximate surface area is 123 Å². The Hall–Kier alpha value is -1.93. The number of rotatable bonds is 4.